The number of amides is 1. The van der Waals surface area contributed by atoms with E-state index in [9.17, 15) is 4.79 Å². The van der Waals surface area contributed by atoms with Crippen molar-refractivity contribution in [3.63, 3.8) is 0 Å². The molecule has 1 rings (SSSR count). The third-order valence-corrected chi connectivity index (χ3v) is 2.74. The third-order valence-electron chi connectivity index (χ3n) is 2.61. The van der Waals surface area contributed by atoms with E-state index in [1.165, 1.54) is 22.3 Å². The Morgan fingerprint density at radius 2 is 1.80 bits per heavy atom. The van der Waals surface area contributed by atoms with Crippen molar-refractivity contribution in [3.05, 3.63) is 34.4 Å². The lowest BCUT2D eigenvalue weighted by atomic mass is 9.99. The lowest BCUT2D eigenvalue weighted by Crippen LogP contribution is -2.19. The Morgan fingerprint density at radius 1 is 1.20 bits per heavy atom. The van der Waals surface area contributed by atoms with Gasteiger partial charge in [-0.15, -0.1) is 0 Å². The van der Waals surface area contributed by atoms with E-state index in [-0.39, 0.29) is 0 Å². The highest BCUT2D eigenvalue weighted by Crippen LogP contribution is 2.15. The van der Waals surface area contributed by atoms with Crippen LogP contribution in [-0.4, -0.2) is 11.9 Å². The van der Waals surface area contributed by atoms with Crippen LogP contribution < -0.4 is 5.32 Å². The van der Waals surface area contributed by atoms with Crippen LogP contribution in [0, 0.1) is 20.8 Å². The SMILES string of the molecule is Cc1cc(C)c(CCNC(=O)Cl)cc1C. The molecule has 3 heteroatoms. The highest BCUT2D eigenvalue weighted by molar-refractivity contribution is 6.62. The molecule has 1 aromatic rings. The molecule has 1 aromatic carbocycles. The molecule has 1 N–H and O–H groups in total. The fraction of sp³-hybridized carbons (Fsp3) is 0.417. The molecule has 2 nitrogen and oxygen atoms in total. The molecule has 0 radical (unpaired) electrons. The van der Waals surface area contributed by atoms with Gasteiger partial charge in [0, 0.05) is 6.54 Å². The van der Waals surface area contributed by atoms with Gasteiger partial charge in [-0.25, -0.2) is 0 Å². The molecule has 0 atom stereocenters. The minimum absolute atomic E-state index is 0.489. The van der Waals surface area contributed by atoms with Gasteiger partial charge in [-0.2, -0.15) is 0 Å². The van der Waals surface area contributed by atoms with Gasteiger partial charge >= 0.3 is 5.37 Å². The summed E-state index contributed by atoms with van der Waals surface area (Å²) in [5, 5.41) is 2.09. The maximum absolute atomic E-state index is 10.5. The number of hydrogen-bond acceptors (Lipinski definition) is 1. The second-order valence-corrected chi connectivity index (χ2v) is 4.16. The van der Waals surface area contributed by atoms with Gasteiger partial charge in [0.2, 0.25) is 0 Å². The first-order valence-electron chi connectivity index (χ1n) is 5.00. The number of aryl methyl sites for hydroxylation is 3. The van der Waals surface area contributed by atoms with E-state index in [0.717, 1.165) is 6.42 Å². The number of rotatable bonds is 3. The van der Waals surface area contributed by atoms with Crippen molar-refractivity contribution < 1.29 is 4.79 Å². The average Bonchev–Trinajstić information content (AvgIpc) is 2.13. The van der Waals surface area contributed by atoms with E-state index in [4.69, 9.17) is 11.6 Å². The molecule has 0 aliphatic carbocycles. The van der Waals surface area contributed by atoms with Crippen LogP contribution in [0.25, 0.3) is 0 Å². The molecule has 0 saturated carbocycles. The first-order valence-corrected chi connectivity index (χ1v) is 5.38. The zero-order chi connectivity index (χ0) is 11.4. The smallest absolute Gasteiger partial charge is 0.313 e. The largest absolute Gasteiger partial charge is 0.342 e. The average molecular weight is 226 g/mol. The van der Waals surface area contributed by atoms with Crippen LogP contribution >= 0.6 is 11.6 Å². The fourth-order valence-electron chi connectivity index (χ4n) is 1.59. The summed E-state index contributed by atoms with van der Waals surface area (Å²) in [6.45, 7) is 6.88. The maximum atomic E-state index is 10.5. The first-order chi connectivity index (χ1) is 7.00. The van der Waals surface area contributed by atoms with Crippen LogP contribution in [-0.2, 0) is 6.42 Å². The van der Waals surface area contributed by atoms with Crippen LogP contribution in [0.5, 0.6) is 0 Å². The molecule has 0 saturated heterocycles. The van der Waals surface area contributed by atoms with Gasteiger partial charge in [0.05, 0.1) is 0 Å². The van der Waals surface area contributed by atoms with Crippen molar-refractivity contribution in [1.29, 1.82) is 0 Å². The van der Waals surface area contributed by atoms with Crippen LogP contribution in [0.4, 0.5) is 4.79 Å². The highest BCUT2D eigenvalue weighted by atomic mass is 35.5. The van der Waals surface area contributed by atoms with Crippen molar-refractivity contribution in [2.75, 3.05) is 6.54 Å². The number of carbonyl (C=O) groups is 1. The molecule has 0 unspecified atom stereocenters. The number of halogens is 1. The lowest BCUT2D eigenvalue weighted by Gasteiger charge is -2.09. The number of carbonyl (C=O) groups excluding carboxylic acids is 1. The Hall–Kier alpha value is -1.02. The first kappa shape index (κ1) is 12.1. The van der Waals surface area contributed by atoms with Gasteiger partial charge in [-0.05, 0) is 61.0 Å². The standard InChI is InChI=1S/C12H16ClNO/c1-8-6-10(3)11(7-9(8)2)4-5-14-12(13)15/h6-7H,4-5H2,1-3H3,(H,14,15). The van der Waals surface area contributed by atoms with Crippen LogP contribution in [0.1, 0.15) is 22.3 Å². The van der Waals surface area contributed by atoms with Gasteiger partial charge in [0.25, 0.3) is 0 Å². The second kappa shape index (κ2) is 5.17. The third kappa shape index (κ3) is 3.56. The number of hydrogen-bond donors (Lipinski definition) is 1. The summed E-state index contributed by atoms with van der Waals surface area (Å²) in [7, 11) is 0. The quantitative estimate of drug-likeness (QED) is 0.622. The van der Waals surface area contributed by atoms with E-state index >= 15 is 0 Å². The molecular weight excluding hydrogens is 210 g/mol. The monoisotopic (exact) mass is 225 g/mol. The molecule has 0 aliphatic heterocycles. The lowest BCUT2D eigenvalue weighted by molar-refractivity contribution is 0.260. The minimum Gasteiger partial charge on any atom is -0.342 e. The minimum atomic E-state index is -0.489. The fourth-order valence-corrected chi connectivity index (χ4v) is 1.68. The molecule has 0 aromatic heterocycles. The molecule has 0 bridgehead atoms. The van der Waals surface area contributed by atoms with Crippen molar-refractivity contribution in [1.82, 2.24) is 5.32 Å². The van der Waals surface area contributed by atoms with Gasteiger partial charge in [0.15, 0.2) is 0 Å². The van der Waals surface area contributed by atoms with Gasteiger partial charge in [-0.1, -0.05) is 12.1 Å². The summed E-state index contributed by atoms with van der Waals surface area (Å²) in [5.41, 5.74) is 5.12. The molecule has 0 spiro atoms. The molecular formula is C12H16ClNO. The number of nitrogens with one attached hydrogen (secondary N) is 1. The van der Waals surface area contributed by atoms with E-state index < -0.39 is 5.37 Å². The summed E-state index contributed by atoms with van der Waals surface area (Å²) in [6.07, 6.45) is 0.825. The summed E-state index contributed by atoms with van der Waals surface area (Å²) < 4.78 is 0. The Kier molecular flexibility index (Phi) is 4.15. The molecule has 0 heterocycles. The predicted molar refractivity (Wildman–Crippen MR) is 63.6 cm³/mol. The van der Waals surface area contributed by atoms with Crippen molar-refractivity contribution >= 4 is 17.0 Å². The zero-order valence-corrected chi connectivity index (χ0v) is 10.1. The van der Waals surface area contributed by atoms with E-state index in [1.54, 1.807) is 0 Å². The van der Waals surface area contributed by atoms with Gasteiger partial charge in [0.1, 0.15) is 0 Å². The van der Waals surface area contributed by atoms with E-state index in [1.807, 2.05) is 0 Å². The summed E-state index contributed by atoms with van der Waals surface area (Å²) in [5.74, 6) is 0. The Balaban J connectivity index is 2.69. The summed E-state index contributed by atoms with van der Waals surface area (Å²) >= 11 is 5.19. The summed E-state index contributed by atoms with van der Waals surface area (Å²) in [4.78, 5) is 10.5. The molecule has 0 fully saturated rings. The molecule has 15 heavy (non-hydrogen) atoms. The Labute approximate surface area is 95.6 Å². The van der Waals surface area contributed by atoms with Gasteiger partial charge in [-0.3, -0.25) is 4.79 Å². The highest BCUT2D eigenvalue weighted by Gasteiger charge is 2.02. The van der Waals surface area contributed by atoms with Crippen LogP contribution in [0.15, 0.2) is 12.1 Å². The predicted octanol–water partition coefficient (Wildman–Crippen LogP) is 3.10. The molecule has 1 amide bonds. The Morgan fingerprint density at radius 3 is 2.40 bits per heavy atom. The maximum Gasteiger partial charge on any atom is 0.313 e. The molecule has 0 aliphatic rings. The normalized spacial score (nSPS) is 10.1. The summed E-state index contributed by atoms with van der Waals surface area (Å²) in [6, 6.07) is 4.35. The second-order valence-electron chi connectivity index (χ2n) is 3.81. The van der Waals surface area contributed by atoms with Crippen molar-refractivity contribution in [3.8, 4) is 0 Å². The van der Waals surface area contributed by atoms with Gasteiger partial charge < -0.3 is 5.32 Å². The van der Waals surface area contributed by atoms with Crippen molar-refractivity contribution in [2.24, 2.45) is 0 Å². The van der Waals surface area contributed by atoms with Crippen LogP contribution in [0.3, 0.4) is 0 Å². The van der Waals surface area contributed by atoms with E-state index in [0.29, 0.717) is 6.54 Å². The van der Waals surface area contributed by atoms with Crippen molar-refractivity contribution in [2.45, 2.75) is 27.2 Å². The molecule has 82 valence electrons. The zero-order valence-electron chi connectivity index (χ0n) is 9.36. The van der Waals surface area contributed by atoms with Crippen LogP contribution in [0.2, 0.25) is 0 Å². The number of benzene rings is 1. The Bertz CT molecular complexity index is 374. The topological polar surface area (TPSA) is 29.1 Å². The van der Waals surface area contributed by atoms with E-state index in [2.05, 4.69) is 38.2 Å².